The van der Waals surface area contributed by atoms with Crippen molar-refractivity contribution < 1.29 is 4.79 Å². The highest BCUT2D eigenvalue weighted by molar-refractivity contribution is 5.87. The van der Waals surface area contributed by atoms with Gasteiger partial charge in [-0.3, -0.25) is 4.79 Å². The minimum Gasteiger partial charge on any atom is -0.373 e. The average Bonchev–Trinajstić information content (AvgIpc) is 2.81. The quantitative estimate of drug-likeness (QED) is 0.823. The largest absolute Gasteiger partial charge is 0.373 e. The molecular formula is C15H21N3O. The van der Waals surface area contributed by atoms with Gasteiger partial charge in [-0.25, -0.2) is 0 Å². The molecule has 0 saturated carbocycles. The number of amides is 1. The number of hydrogen-bond acceptors (Lipinski definition) is 3. The summed E-state index contributed by atoms with van der Waals surface area (Å²) in [7, 11) is 2.11. The Bertz CT molecular complexity index is 463. The molecule has 0 aromatic heterocycles. The third-order valence-electron chi connectivity index (χ3n) is 4.18. The van der Waals surface area contributed by atoms with Crippen LogP contribution < -0.4 is 5.32 Å². The summed E-state index contributed by atoms with van der Waals surface area (Å²) >= 11 is 0. The standard InChI is InChI=1S/C15H21N3O/c1-11-10-17(2)7-8-18(11)15(19)14-9-12-5-3-4-6-13(12)16-14/h3-6,11,14,16H,7-10H2,1-2H3. The molecule has 2 aliphatic heterocycles. The number of hydrogen-bond donors (Lipinski definition) is 1. The second-order valence-corrected chi connectivity index (χ2v) is 5.70. The van der Waals surface area contributed by atoms with Crippen molar-refractivity contribution in [1.82, 2.24) is 9.80 Å². The number of nitrogens with one attached hydrogen (secondary N) is 1. The van der Waals surface area contributed by atoms with Crippen molar-refractivity contribution in [2.45, 2.75) is 25.4 Å². The van der Waals surface area contributed by atoms with Gasteiger partial charge in [-0.15, -0.1) is 0 Å². The summed E-state index contributed by atoms with van der Waals surface area (Å²) in [6, 6.07) is 8.42. The fourth-order valence-electron chi connectivity index (χ4n) is 3.11. The lowest BCUT2D eigenvalue weighted by molar-refractivity contribution is -0.136. The van der Waals surface area contributed by atoms with Crippen LogP contribution in [-0.2, 0) is 11.2 Å². The molecule has 2 aliphatic rings. The topological polar surface area (TPSA) is 35.6 Å². The molecule has 2 atom stereocenters. The van der Waals surface area contributed by atoms with E-state index >= 15 is 0 Å². The Labute approximate surface area is 114 Å². The van der Waals surface area contributed by atoms with Crippen LogP contribution in [0.4, 0.5) is 5.69 Å². The maximum absolute atomic E-state index is 12.6. The molecule has 102 valence electrons. The highest BCUT2D eigenvalue weighted by Crippen LogP contribution is 2.26. The van der Waals surface area contributed by atoms with Crippen LogP contribution in [0.3, 0.4) is 0 Å². The van der Waals surface area contributed by atoms with E-state index in [9.17, 15) is 4.79 Å². The molecule has 0 aliphatic carbocycles. The summed E-state index contributed by atoms with van der Waals surface area (Å²) in [5, 5.41) is 3.36. The third-order valence-corrected chi connectivity index (χ3v) is 4.18. The lowest BCUT2D eigenvalue weighted by atomic mass is 10.1. The van der Waals surface area contributed by atoms with Gasteiger partial charge in [0.15, 0.2) is 0 Å². The molecule has 1 aromatic carbocycles. The predicted molar refractivity (Wildman–Crippen MR) is 76.2 cm³/mol. The number of fused-ring (bicyclic) bond motifs is 1. The van der Waals surface area contributed by atoms with E-state index in [1.165, 1.54) is 5.56 Å². The van der Waals surface area contributed by atoms with Crippen LogP contribution in [0.2, 0.25) is 0 Å². The first kappa shape index (κ1) is 12.5. The summed E-state index contributed by atoms with van der Waals surface area (Å²) < 4.78 is 0. The number of carbonyl (C=O) groups excluding carboxylic acids is 1. The van der Waals surface area contributed by atoms with Gasteiger partial charge >= 0.3 is 0 Å². The van der Waals surface area contributed by atoms with E-state index in [4.69, 9.17) is 0 Å². The zero-order chi connectivity index (χ0) is 13.4. The van der Waals surface area contributed by atoms with Gasteiger partial charge in [-0.2, -0.15) is 0 Å². The number of rotatable bonds is 1. The number of para-hydroxylation sites is 1. The molecule has 1 amide bonds. The molecule has 2 unspecified atom stereocenters. The lowest BCUT2D eigenvalue weighted by Crippen LogP contribution is -2.56. The maximum atomic E-state index is 12.6. The Balaban J connectivity index is 1.70. The molecule has 3 rings (SSSR count). The summed E-state index contributed by atoms with van der Waals surface area (Å²) in [4.78, 5) is 16.9. The van der Waals surface area contributed by atoms with Crippen molar-refractivity contribution in [2.24, 2.45) is 0 Å². The van der Waals surface area contributed by atoms with E-state index < -0.39 is 0 Å². The zero-order valence-electron chi connectivity index (χ0n) is 11.6. The molecule has 1 N–H and O–H groups in total. The minimum atomic E-state index is -0.0803. The predicted octanol–water partition coefficient (Wildman–Crippen LogP) is 1.19. The molecule has 4 nitrogen and oxygen atoms in total. The van der Waals surface area contributed by atoms with Gasteiger partial charge in [0.05, 0.1) is 0 Å². The number of nitrogens with zero attached hydrogens (tertiary/aromatic N) is 2. The smallest absolute Gasteiger partial charge is 0.245 e. The van der Waals surface area contributed by atoms with Gasteiger partial charge in [0, 0.05) is 37.8 Å². The molecule has 1 saturated heterocycles. The Morgan fingerprint density at radius 1 is 1.32 bits per heavy atom. The van der Waals surface area contributed by atoms with Gasteiger partial charge in [-0.1, -0.05) is 18.2 Å². The normalized spacial score (nSPS) is 26.9. The van der Waals surface area contributed by atoms with E-state index in [1.807, 2.05) is 17.0 Å². The summed E-state index contributed by atoms with van der Waals surface area (Å²) in [6.45, 7) is 4.90. The van der Waals surface area contributed by atoms with Crippen LogP contribution in [0, 0.1) is 0 Å². The Morgan fingerprint density at radius 2 is 2.11 bits per heavy atom. The molecule has 2 heterocycles. The summed E-state index contributed by atoms with van der Waals surface area (Å²) in [5.74, 6) is 0.247. The van der Waals surface area contributed by atoms with Gasteiger partial charge in [-0.05, 0) is 25.6 Å². The second-order valence-electron chi connectivity index (χ2n) is 5.70. The first-order valence-electron chi connectivity index (χ1n) is 6.98. The molecule has 1 aromatic rings. The van der Waals surface area contributed by atoms with E-state index in [2.05, 4.69) is 36.3 Å². The monoisotopic (exact) mass is 259 g/mol. The highest BCUT2D eigenvalue weighted by Gasteiger charge is 2.33. The molecule has 4 heteroatoms. The zero-order valence-corrected chi connectivity index (χ0v) is 11.6. The van der Waals surface area contributed by atoms with Crippen molar-refractivity contribution in [2.75, 3.05) is 32.0 Å². The van der Waals surface area contributed by atoms with Crippen LogP contribution in [0.15, 0.2) is 24.3 Å². The summed E-state index contributed by atoms with van der Waals surface area (Å²) in [5.41, 5.74) is 2.37. The van der Waals surface area contributed by atoms with Crippen molar-refractivity contribution in [3.63, 3.8) is 0 Å². The number of benzene rings is 1. The van der Waals surface area contributed by atoms with Crippen molar-refractivity contribution >= 4 is 11.6 Å². The SMILES string of the molecule is CC1CN(C)CCN1C(=O)C1Cc2ccccc2N1. The molecule has 0 radical (unpaired) electrons. The Morgan fingerprint density at radius 3 is 2.84 bits per heavy atom. The molecule has 19 heavy (non-hydrogen) atoms. The van der Waals surface area contributed by atoms with E-state index in [0.29, 0.717) is 6.04 Å². The second kappa shape index (κ2) is 4.85. The fourth-order valence-corrected chi connectivity index (χ4v) is 3.11. The van der Waals surface area contributed by atoms with Gasteiger partial charge < -0.3 is 15.1 Å². The maximum Gasteiger partial charge on any atom is 0.245 e. The lowest BCUT2D eigenvalue weighted by Gasteiger charge is -2.39. The van der Waals surface area contributed by atoms with E-state index in [1.54, 1.807) is 0 Å². The minimum absolute atomic E-state index is 0.0803. The number of carbonyl (C=O) groups is 1. The Hall–Kier alpha value is -1.55. The third kappa shape index (κ3) is 2.32. The van der Waals surface area contributed by atoms with Crippen LogP contribution in [0.5, 0.6) is 0 Å². The van der Waals surface area contributed by atoms with Crippen LogP contribution >= 0.6 is 0 Å². The summed E-state index contributed by atoms with van der Waals surface area (Å²) in [6.07, 6.45) is 0.814. The van der Waals surface area contributed by atoms with E-state index in [0.717, 1.165) is 31.7 Å². The molecule has 1 fully saturated rings. The van der Waals surface area contributed by atoms with Crippen molar-refractivity contribution in [3.05, 3.63) is 29.8 Å². The fraction of sp³-hybridized carbons (Fsp3) is 0.533. The highest BCUT2D eigenvalue weighted by atomic mass is 16.2. The number of piperazine rings is 1. The van der Waals surface area contributed by atoms with Gasteiger partial charge in [0.1, 0.15) is 6.04 Å². The molecule has 0 spiro atoms. The van der Waals surface area contributed by atoms with Crippen molar-refractivity contribution in [1.29, 1.82) is 0 Å². The van der Waals surface area contributed by atoms with Crippen LogP contribution in [0.1, 0.15) is 12.5 Å². The average molecular weight is 259 g/mol. The Kier molecular flexibility index (Phi) is 3.19. The molecular weight excluding hydrogens is 238 g/mol. The van der Waals surface area contributed by atoms with E-state index in [-0.39, 0.29) is 11.9 Å². The number of anilines is 1. The first-order chi connectivity index (χ1) is 9.15. The van der Waals surface area contributed by atoms with Gasteiger partial charge in [0.2, 0.25) is 5.91 Å². The van der Waals surface area contributed by atoms with Crippen molar-refractivity contribution in [3.8, 4) is 0 Å². The van der Waals surface area contributed by atoms with Crippen LogP contribution in [-0.4, -0.2) is 54.5 Å². The molecule has 0 bridgehead atoms. The number of likely N-dealkylation sites (N-methyl/N-ethyl adjacent to an activating group) is 1. The van der Waals surface area contributed by atoms with Crippen LogP contribution in [0.25, 0.3) is 0 Å². The first-order valence-corrected chi connectivity index (χ1v) is 6.98. The van der Waals surface area contributed by atoms with Gasteiger partial charge in [0.25, 0.3) is 0 Å².